The van der Waals surface area contributed by atoms with Gasteiger partial charge in [0.25, 0.3) is 0 Å². The summed E-state index contributed by atoms with van der Waals surface area (Å²) in [6.07, 6.45) is 17.6. The average Bonchev–Trinajstić information content (AvgIpc) is 2.52. The second kappa shape index (κ2) is 16.3. The molecule has 0 amide bonds. The molecule has 2 atom stereocenters. The van der Waals surface area contributed by atoms with Crippen LogP contribution in [0.1, 0.15) is 110 Å². The summed E-state index contributed by atoms with van der Waals surface area (Å²) in [4.78, 5) is 10.7. The highest BCUT2D eigenvalue weighted by Crippen LogP contribution is 2.18. The SMILES string of the molecule is CCCCCCCCC(N)CCCCCCC(CC)CC(=O)O. The molecule has 0 saturated heterocycles. The Hall–Kier alpha value is -0.570. The van der Waals surface area contributed by atoms with Gasteiger partial charge < -0.3 is 10.8 Å². The predicted molar refractivity (Wildman–Crippen MR) is 99.7 cm³/mol. The lowest BCUT2D eigenvalue weighted by atomic mass is 9.94. The molecule has 138 valence electrons. The summed E-state index contributed by atoms with van der Waals surface area (Å²) >= 11 is 0. The van der Waals surface area contributed by atoms with Gasteiger partial charge in [0.05, 0.1) is 0 Å². The lowest BCUT2D eigenvalue weighted by molar-refractivity contribution is -0.138. The van der Waals surface area contributed by atoms with Gasteiger partial charge in [0.15, 0.2) is 0 Å². The predicted octanol–water partition coefficient (Wildman–Crippen LogP) is 5.91. The Labute approximate surface area is 144 Å². The van der Waals surface area contributed by atoms with Crippen LogP contribution in [0, 0.1) is 5.92 Å². The number of hydrogen-bond acceptors (Lipinski definition) is 2. The first-order valence-electron chi connectivity index (χ1n) is 10.1. The molecule has 0 rings (SSSR count). The summed E-state index contributed by atoms with van der Waals surface area (Å²) in [5, 5.41) is 8.83. The fraction of sp³-hybridized carbons (Fsp3) is 0.950. The number of carboxylic acids is 1. The molecule has 0 aliphatic heterocycles. The Balaban J connectivity index is 3.37. The minimum atomic E-state index is -0.655. The molecule has 3 nitrogen and oxygen atoms in total. The molecule has 0 saturated carbocycles. The van der Waals surface area contributed by atoms with E-state index in [2.05, 4.69) is 13.8 Å². The third-order valence-corrected chi connectivity index (χ3v) is 4.91. The molecular formula is C20H41NO2. The summed E-state index contributed by atoms with van der Waals surface area (Å²) < 4.78 is 0. The lowest BCUT2D eigenvalue weighted by Crippen LogP contribution is -2.19. The molecule has 23 heavy (non-hydrogen) atoms. The van der Waals surface area contributed by atoms with E-state index in [1.165, 1.54) is 70.6 Å². The van der Waals surface area contributed by atoms with Gasteiger partial charge in [0.2, 0.25) is 0 Å². The fourth-order valence-electron chi connectivity index (χ4n) is 3.22. The van der Waals surface area contributed by atoms with E-state index >= 15 is 0 Å². The van der Waals surface area contributed by atoms with Crippen molar-refractivity contribution in [1.29, 1.82) is 0 Å². The fourth-order valence-corrected chi connectivity index (χ4v) is 3.22. The van der Waals surface area contributed by atoms with Crippen molar-refractivity contribution in [2.24, 2.45) is 11.7 Å². The van der Waals surface area contributed by atoms with Gasteiger partial charge in [-0.3, -0.25) is 4.79 Å². The monoisotopic (exact) mass is 327 g/mol. The van der Waals surface area contributed by atoms with Crippen LogP contribution >= 0.6 is 0 Å². The van der Waals surface area contributed by atoms with Gasteiger partial charge >= 0.3 is 5.97 Å². The molecule has 0 aromatic rings. The summed E-state index contributed by atoms with van der Waals surface area (Å²) in [5.74, 6) is -0.292. The van der Waals surface area contributed by atoms with Gasteiger partial charge in [-0.05, 0) is 25.2 Å². The van der Waals surface area contributed by atoms with Gasteiger partial charge in [0.1, 0.15) is 0 Å². The number of nitrogens with two attached hydrogens (primary N) is 1. The van der Waals surface area contributed by atoms with Crippen LogP contribution in [0.15, 0.2) is 0 Å². The zero-order valence-electron chi connectivity index (χ0n) is 15.7. The van der Waals surface area contributed by atoms with Crippen molar-refractivity contribution in [3.05, 3.63) is 0 Å². The van der Waals surface area contributed by atoms with E-state index in [1.54, 1.807) is 0 Å². The second-order valence-corrected chi connectivity index (χ2v) is 7.18. The average molecular weight is 328 g/mol. The highest BCUT2D eigenvalue weighted by Gasteiger charge is 2.10. The highest BCUT2D eigenvalue weighted by molar-refractivity contribution is 5.66. The first-order chi connectivity index (χ1) is 11.1. The maximum absolute atomic E-state index is 10.7. The molecule has 0 aromatic carbocycles. The highest BCUT2D eigenvalue weighted by atomic mass is 16.4. The van der Waals surface area contributed by atoms with Gasteiger partial charge in [-0.2, -0.15) is 0 Å². The van der Waals surface area contributed by atoms with Crippen molar-refractivity contribution in [1.82, 2.24) is 0 Å². The molecule has 0 aromatic heterocycles. The molecule has 0 spiro atoms. The second-order valence-electron chi connectivity index (χ2n) is 7.18. The molecule has 0 fully saturated rings. The molecule has 3 heteroatoms. The number of unbranched alkanes of at least 4 members (excludes halogenated alkanes) is 8. The van der Waals surface area contributed by atoms with Gasteiger partial charge in [-0.1, -0.05) is 84.5 Å². The molecule has 3 N–H and O–H groups in total. The smallest absolute Gasteiger partial charge is 0.303 e. The third kappa shape index (κ3) is 16.1. The topological polar surface area (TPSA) is 63.3 Å². The number of carbonyl (C=O) groups is 1. The maximum atomic E-state index is 10.7. The zero-order valence-corrected chi connectivity index (χ0v) is 15.7. The normalized spacial score (nSPS) is 13.9. The molecular weight excluding hydrogens is 286 g/mol. The Morgan fingerprint density at radius 1 is 0.826 bits per heavy atom. The van der Waals surface area contributed by atoms with Crippen LogP contribution < -0.4 is 5.73 Å². The van der Waals surface area contributed by atoms with E-state index in [0.29, 0.717) is 18.4 Å². The van der Waals surface area contributed by atoms with Crippen LogP contribution in [0.3, 0.4) is 0 Å². The number of hydrogen-bond donors (Lipinski definition) is 2. The Morgan fingerprint density at radius 2 is 1.30 bits per heavy atom. The molecule has 0 aliphatic rings. The first-order valence-corrected chi connectivity index (χ1v) is 10.1. The van der Waals surface area contributed by atoms with Crippen LogP contribution in [0.4, 0.5) is 0 Å². The van der Waals surface area contributed by atoms with Crippen molar-refractivity contribution < 1.29 is 9.90 Å². The van der Waals surface area contributed by atoms with Crippen molar-refractivity contribution in [3.63, 3.8) is 0 Å². The van der Waals surface area contributed by atoms with E-state index in [4.69, 9.17) is 10.8 Å². The van der Waals surface area contributed by atoms with Crippen LogP contribution in [-0.2, 0) is 4.79 Å². The van der Waals surface area contributed by atoms with E-state index in [9.17, 15) is 4.79 Å². The van der Waals surface area contributed by atoms with E-state index in [1.807, 2.05) is 0 Å². The summed E-state index contributed by atoms with van der Waals surface area (Å²) in [6, 6.07) is 0.386. The first kappa shape index (κ1) is 22.4. The molecule has 0 radical (unpaired) electrons. The van der Waals surface area contributed by atoms with E-state index in [0.717, 1.165) is 19.3 Å². The van der Waals surface area contributed by atoms with Crippen LogP contribution in [-0.4, -0.2) is 17.1 Å². The van der Waals surface area contributed by atoms with Crippen LogP contribution in [0.2, 0.25) is 0 Å². The van der Waals surface area contributed by atoms with Crippen molar-refractivity contribution in [2.75, 3.05) is 0 Å². The Kier molecular flexibility index (Phi) is 15.9. The van der Waals surface area contributed by atoms with Crippen molar-refractivity contribution in [2.45, 2.75) is 116 Å². The Bertz CT molecular complexity index is 268. The molecule has 2 unspecified atom stereocenters. The molecule has 0 heterocycles. The van der Waals surface area contributed by atoms with E-state index in [-0.39, 0.29) is 0 Å². The zero-order chi connectivity index (χ0) is 17.3. The van der Waals surface area contributed by atoms with Gasteiger partial charge in [0, 0.05) is 12.5 Å². The number of rotatable bonds is 17. The van der Waals surface area contributed by atoms with Crippen molar-refractivity contribution >= 4 is 5.97 Å². The largest absolute Gasteiger partial charge is 0.481 e. The summed E-state index contributed by atoms with van der Waals surface area (Å²) in [5.41, 5.74) is 6.19. The summed E-state index contributed by atoms with van der Waals surface area (Å²) in [6.45, 7) is 4.35. The third-order valence-electron chi connectivity index (χ3n) is 4.91. The van der Waals surface area contributed by atoms with Crippen LogP contribution in [0.25, 0.3) is 0 Å². The van der Waals surface area contributed by atoms with E-state index < -0.39 is 5.97 Å². The van der Waals surface area contributed by atoms with Crippen molar-refractivity contribution in [3.8, 4) is 0 Å². The molecule has 0 bridgehead atoms. The quantitative estimate of drug-likeness (QED) is 0.327. The molecule has 0 aliphatic carbocycles. The summed E-state index contributed by atoms with van der Waals surface area (Å²) in [7, 11) is 0. The van der Waals surface area contributed by atoms with Crippen LogP contribution in [0.5, 0.6) is 0 Å². The maximum Gasteiger partial charge on any atom is 0.303 e. The minimum Gasteiger partial charge on any atom is -0.481 e. The Morgan fingerprint density at radius 3 is 1.78 bits per heavy atom. The van der Waals surface area contributed by atoms with Gasteiger partial charge in [-0.15, -0.1) is 0 Å². The number of aliphatic carboxylic acids is 1. The lowest BCUT2D eigenvalue weighted by Gasteiger charge is -2.13. The minimum absolute atomic E-state index is 0.333. The standard InChI is InChI=1S/C20H41NO2/c1-3-5-6-7-8-12-15-19(21)16-13-10-9-11-14-18(4-2)17-20(22)23/h18-19H,3-17,21H2,1-2H3,(H,22,23). The number of carboxylic acid groups (broad SMARTS) is 1. The van der Waals surface area contributed by atoms with Gasteiger partial charge in [-0.25, -0.2) is 0 Å².